The van der Waals surface area contributed by atoms with Gasteiger partial charge in [-0.3, -0.25) is 9.78 Å². The van der Waals surface area contributed by atoms with Gasteiger partial charge in [0.2, 0.25) is 0 Å². The molecule has 1 aromatic carbocycles. The standard InChI is InChI=1S/C18H16N2OS/c1-13-3-2-4-14(11-13)12-20-18(21)17-6-5-16(22-17)15-7-9-19-10-8-15/h2-11H,12H2,1H3,(H,20,21). The van der Waals surface area contributed by atoms with Crippen LogP contribution in [-0.2, 0) is 6.54 Å². The Kier molecular flexibility index (Phi) is 4.30. The van der Waals surface area contributed by atoms with E-state index in [1.807, 2.05) is 49.4 Å². The van der Waals surface area contributed by atoms with Gasteiger partial charge in [-0.05, 0) is 42.3 Å². The fraction of sp³-hybridized carbons (Fsp3) is 0.111. The summed E-state index contributed by atoms with van der Waals surface area (Å²) in [6.45, 7) is 2.59. The van der Waals surface area contributed by atoms with Gasteiger partial charge in [0.05, 0.1) is 4.88 Å². The van der Waals surface area contributed by atoms with Crippen LogP contribution in [0, 0.1) is 6.92 Å². The number of thiophene rings is 1. The average Bonchev–Trinajstić information content (AvgIpc) is 3.04. The first-order valence-electron chi connectivity index (χ1n) is 7.06. The molecule has 1 N–H and O–H groups in total. The van der Waals surface area contributed by atoms with Crippen LogP contribution in [0.25, 0.3) is 10.4 Å². The maximum atomic E-state index is 12.2. The van der Waals surface area contributed by atoms with E-state index in [2.05, 4.69) is 16.4 Å². The van der Waals surface area contributed by atoms with Crippen LogP contribution >= 0.6 is 11.3 Å². The number of hydrogen-bond acceptors (Lipinski definition) is 3. The molecule has 3 rings (SSSR count). The van der Waals surface area contributed by atoms with E-state index in [9.17, 15) is 4.79 Å². The molecule has 0 aliphatic carbocycles. The van der Waals surface area contributed by atoms with Crippen LogP contribution in [0.3, 0.4) is 0 Å². The van der Waals surface area contributed by atoms with Gasteiger partial charge in [0.25, 0.3) is 5.91 Å². The maximum Gasteiger partial charge on any atom is 0.261 e. The Hall–Kier alpha value is -2.46. The summed E-state index contributed by atoms with van der Waals surface area (Å²) in [5.74, 6) is -0.0354. The van der Waals surface area contributed by atoms with Gasteiger partial charge in [-0.1, -0.05) is 29.8 Å². The third-order valence-corrected chi connectivity index (χ3v) is 4.46. The van der Waals surface area contributed by atoms with Crippen molar-refractivity contribution in [3.05, 3.63) is 76.9 Å². The highest BCUT2D eigenvalue weighted by atomic mass is 32.1. The fourth-order valence-electron chi connectivity index (χ4n) is 2.22. The van der Waals surface area contributed by atoms with Gasteiger partial charge in [0.1, 0.15) is 0 Å². The lowest BCUT2D eigenvalue weighted by Crippen LogP contribution is -2.21. The van der Waals surface area contributed by atoms with Crippen LogP contribution in [0.5, 0.6) is 0 Å². The van der Waals surface area contributed by atoms with Crippen molar-refractivity contribution in [1.82, 2.24) is 10.3 Å². The summed E-state index contributed by atoms with van der Waals surface area (Å²) in [6, 6.07) is 15.9. The zero-order valence-corrected chi connectivity index (χ0v) is 13.1. The lowest BCUT2D eigenvalue weighted by atomic mass is 10.1. The van der Waals surface area contributed by atoms with Gasteiger partial charge < -0.3 is 5.32 Å². The van der Waals surface area contributed by atoms with E-state index in [0.717, 1.165) is 20.9 Å². The van der Waals surface area contributed by atoms with Crippen molar-refractivity contribution in [3.8, 4) is 10.4 Å². The van der Waals surface area contributed by atoms with Crippen LogP contribution in [0.4, 0.5) is 0 Å². The van der Waals surface area contributed by atoms with E-state index >= 15 is 0 Å². The first kappa shape index (κ1) is 14.5. The van der Waals surface area contributed by atoms with Gasteiger partial charge in [0, 0.05) is 23.8 Å². The normalized spacial score (nSPS) is 10.4. The van der Waals surface area contributed by atoms with Gasteiger partial charge in [-0.25, -0.2) is 0 Å². The smallest absolute Gasteiger partial charge is 0.261 e. The molecule has 0 aliphatic heterocycles. The number of rotatable bonds is 4. The van der Waals surface area contributed by atoms with E-state index < -0.39 is 0 Å². The third-order valence-electron chi connectivity index (χ3n) is 3.33. The van der Waals surface area contributed by atoms with E-state index in [1.165, 1.54) is 16.9 Å². The summed E-state index contributed by atoms with van der Waals surface area (Å²) >= 11 is 1.49. The van der Waals surface area contributed by atoms with E-state index in [4.69, 9.17) is 0 Å². The highest BCUT2D eigenvalue weighted by Crippen LogP contribution is 2.27. The molecule has 0 saturated carbocycles. The first-order valence-corrected chi connectivity index (χ1v) is 7.88. The van der Waals surface area contributed by atoms with Crippen LogP contribution < -0.4 is 5.32 Å². The Morgan fingerprint density at radius 1 is 1.14 bits per heavy atom. The molecule has 2 aromatic heterocycles. The summed E-state index contributed by atoms with van der Waals surface area (Å²) in [5, 5.41) is 2.97. The molecule has 4 heteroatoms. The van der Waals surface area contributed by atoms with Gasteiger partial charge in [0.15, 0.2) is 0 Å². The molecule has 0 saturated heterocycles. The number of nitrogens with zero attached hydrogens (tertiary/aromatic N) is 1. The number of aromatic nitrogens is 1. The number of hydrogen-bond donors (Lipinski definition) is 1. The number of amides is 1. The van der Waals surface area contributed by atoms with E-state index in [-0.39, 0.29) is 5.91 Å². The number of pyridine rings is 1. The van der Waals surface area contributed by atoms with E-state index in [0.29, 0.717) is 6.54 Å². The Morgan fingerprint density at radius 3 is 2.73 bits per heavy atom. The van der Waals surface area contributed by atoms with E-state index in [1.54, 1.807) is 12.4 Å². The van der Waals surface area contributed by atoms with Gasteiger partial charge >= 0.3 is 0 Å². The molecule has 0 fully saturated rings. The summed E-state index contributed by atoms with van der Waals surface area (Å²) in [6.07, 6.45) is 3.51. The molecular weight excluding hydrogens is 292 g/mol. The summed E-state index contributed by atoms with van der Waals surface area (Å²) in [7, 11) is 0. The Balaban J connectivity index is 1.67. The molecule has 0 atom stereocenters. The highest BCUT2D eigenvalue weighted by molar-refractivity contribution is 7.17. The van der Waals surface area contributed by atoms with Gasteiger partial charge in [-0.15, -0.1) is 11.3 Å². The van der Waals surface area contributed by atoms with Crippen molar-refractivity contribution in [3.63, 3.8) is 0 Å². The second kappa shape index (κ2) is 6.54. The van der Waals surface area contributed by atoms with Crippen molar-refractivity contribution in [2.24, 2.45) is 0 Å². The predicted molar refractivity (Wildman–Crippen MR) is 89.9 cm³/mol. The lowest BCUT2D eigenvalue weighted by Gasteiger charge is -2.04. The summed E-state index contributed by atoms with van der Waals surface area (Å²) < 4.78 is 0. The molecule has 0 radical (unpaired) electrons. The molecular formula is C18H16N2OS. The molecule has 0 bridgehead atoms. The summed E-state index contributed by atoms with van der Waals surface area (Å²) in [5.41, 5.74) is 3.39. The summed E-state index contributed by atoms with van der Waals surface area (Å²) in [4.78, 5) is 18.0. The van der Waals surface area contributed by atoms with Crippen molar-refractivity contribution in [2.45, 2.75) is 13.5 Å². The van der Waals surface area contributed by atoms with Crippen molar-refractivity contribution < 1.29 is 4.79 Å². The van der Waals surface area contributed by atoms with Crippen molar-refractivity contribution >= 4 is 17.2 Å². The minimum absolute atomic E-state index is 0.0354. The second-order valence-electron chi connectivity index (χ2n) is 5.07. The molecule has 110 valence electrons. The van der Waals surface area contributed by atoms with Crippen LogP contribution in [0.15, 0.2) is 60.9 Å². The zero-order valence-electron chi connectivity index (χ0n) is 12.2. The maximum absolute atomic E-state index is 12.2. The lowest BCUT2D eigenvalue weighted by molar-refractivity contribution is 0.0955. The number of carbonyl (C=O) groups is 1. The molecule has 0 spiro atoms. The monoisotopic (exact) mass is 308 g/mol. The largest absolute Gasteiger partial charge is 0.347 e. The molecule has 22 heavy (non-hydrogen) atoms. The molecule has 0 unspecified atom stereocenters. The van der Waals surface area contributed by atoms with Crippen LogP contribution in [0.1, 0.15) is 20.8 Å². The zero-order chi connectivity index (χ0) is 15.4. The Morgan fingerprint density at radius 2 is 1.95 bits per heavy atom. The van der Waals surface area contributed by atoms with Gasteiger partial charge in [-0.2, -0.15) is 0 Å². The molecule has 3 nitrogen and oxygen atoms in total. The predicted octanol–water partition coefficient (Wildman–Crippen LogP) is 4.05. The molecule has 3 aromatic rings. The second-order valence-corrected chi connectivity index (χ2v) is 6.16. The number of nitrogens with one attached hydrogen (secondary N) is 1. The minimum atomic E-state index is -0.0354. The molecule has 2 heterocycles. The average molecular weight is 308 g/mol. The fourth-order valence-corrected chi connectivity index (χ4v) is 3.15. The third kappa shape index (κ3) is 3.40. The van der Waals surface area contributed by atoms with Crippen molar-refractivity contribution in [2.75, 3.05) is 0 Å². The van der Waals surface area contributed by atoms with Crippen LogP contribution in [-0.4, -0.2) is 10.9 Å². The number of aryl methyl sites for hydroxylation is 1. The SMILES string of the molecule is Cc1cccc(CNC(=O)c2ccc(-c3ccncc3)s2)c1. The first-order chi connectivity index (χ1) is 10.7. The number of benzene rings is 1. The quantitative estimate of drug-likeness (QED) is 0.790. The number of carbonyl (C=O) groups excluding carboxylic acids is 1. The van der Waals surface area contributed by atoms with Crippen molar-refractivity contribution in [1.29, 1.82) is 0 Å². The molecule has 1 amide bonds. The Bertz CT molecular complexity index is 781. The molecule has 0 aliphatic rings. The van der Waals surface area contributed by atoms with Crippen LogP contribution in [0.2, 0.25) is 0 Å². The Labute approximate surface area is 133 Å². The topological polar surface area (TPSA) is 42.0 Å². The minimum Gasteiger partial charge on any atom is -0.347 e. The highest BCUT2D eigenvalue weighted by Gasteiger charge is 2.10.